The van der Waals surface area contributed by atoms with Crippen molar-refractivity contribution < 1.29 is 14.4 Å². The van der Waals surface area contributed by atoms with Gasteiger partial charge in [0, 0.05) is 24.7 Å². The average Bonchev–Trinajstić information content (AvgIpc) is 3.27. The summed E-state index contributed by atoms with van der Waals surface area (Å²) in [6.07, 6.45) is 2.78. The largest absolute Gasteiger partial charge is 0.380 e. The number of aromatic nitrogens is 1. The lowest BCUT2D eigenvalue weighted by atomic mass is 9.82. The van der Waals surface area contributed by atoms with Crippen molar-refractivity contribution in [3.63, 3.8) is 0 Å². The molecule has 0 aromatic carbocycles. The van der Waals surface area contributed by atoms with E-state index in [2.05, 4.69) is 9.88 Å². The molecule has 1 aromatic heterocycles. The molecule has 22 heavy (non-hydrogen) atoms. The van der Waals surface area contributed by atoms with Crippen LogP contribution in [0.15, 0.2) is 11.6 Å². The van der Waals surface area contributed by atoms with E-state index >= 15 is 0 Å². The first-order valence-electron chi connectivity index (χ1n) is 7.94. The highest BCUT2D eigenvalue weighted by molar-refractivity contribution is 7.09. The predicted molar refractivity (Wildman–Crippen MR) is 81.0 cm³/mol. The first-order valence-corrected chi connectivity index (χ1v) is 8.82. The van der Waals surface area contributed by atoms with Crippen molar-refractivity contribution in [2.75, 3.05) is 39.5 Å². The zero-order valence-electron chi connectivity index (χ0n) is 12.5. The molecule has 120 valence electrons. The summed E-state index contributed by atoms with van der Waals surface area (Å²) in [4.78, 5) is 24.9. The van der Waals surface area contributed by atoms with Crippen LogP contribution in [0.5, 0.6) is 0 Å². The van der Waals surface area contributed by atoms with Gasteiger partial charge in [-0.1, -0.05) is 0 Å². The van der Waals surface area contributed by atoms with Crippen LogP contribution < -0.4 is 0 Å². The highest BCUT2D eigenvalue weighted by atomic mass is 32.1. The molecule has 6 nitrogen and oxygen atoms in total. The molecule has 0 spiro atoms. The Bertz CT molecular complexity index is 518. The molecule has 0 aliphatic carbocycles. The van der Waals surface area contributed by atoms with Crippen LogP contribution in [-0.2, 0) is 20.9 Å². The molecular weight excluding hydrogens is 302 g/mol. The summed E-state index contributed by atoms with van der Waals surface area (Å²) >= 11 is 1.69. The number of hydrogen-bond acceptors (Lipinski definition) is 6. The summed E-state index contributed by atoms with van der Waals surface area (Å²) in [7, 11) is 0. The highest BCUT2D eigenvalue weighted by Crippen LogP contribution is 2.36. The van der Waals surface area contributed by atoms with Crippen LogP contribution in [0.2, 0.25) is 0 Å². The number of thiazole rings is 1. The second kappa shape index (κ2) is 6.23. The summed E-state index contributed by atoms with van der Waals surface area (Å²) in [5.41, 5.74) is 0. The van der Waals surface area contributed by atoms with Gasteiger partial charge in [0.05, 0.1) is 38.8 Å². The van der Waals surface area contributed by atoms with Crippen molar-refractivity contribution in [3.8, 4) is 0 Å². The van der Waals surface area contributed by atoms with Crippen LogP contribution in [0, 0.1) is 17.8 Å². The fraction of sp³-hybridized carbons (Fsp3) is 0.733. The zero-order chi connectivity index (χ0) is 14.9. The third kappa shape index (κ3) is 2.78. The second-order valence-electron chi connectivity index (χ2n) is 6.31. The number of rotatable bonds is 3. The maximum atomic E-state index is 12.7. The Morgan fingerprint density at radius 1 is 1.41 bits per heavy atom. The van der Waals surface area contributed by atoms with Crippen LogP contribution in [0.1, 0.15) is 11.4 Å². The van der Waals surface area contributed by atoms with Crippen molar-refractivity contribution in [2.45, 2.75) is 13.0 Å². The van der Waals surface area contributed by atoms with Gasteiger partial charge in [0.25, 0.3) is 5.91 Å². The first-order chi connectivity index (χ1) is 10.8. The van der Waals surface area contributed by atoms with E-state index in [1.165, 1.54) is 0 Å². The number of carbonyl (C=O) groups is 1. The molecule has 1 aromatic rings. The van der Waals surface area contributed by atoms with Crippen LogP contribution in [0.4, 0.5) is 0 Å². The summed E-state index contributed by atoms with van der Waals surface area (Å²) < 4.78 is 5.72. The van der Waals surface area contributed by atoms with Crippen molar-refractivity contribution in [3.05, 3.63) is 16.6 Å². The third-order valence-electron chi connectivity index (χ3n) is 4.87. The van der Waals surface area contributed by atoms with E-state index in [0.29, 0.717) is 25.0 Å². The molecule has 0 unspecified atom stereocenters. The van der Waals surface area contributed by atoms with Crippen molar-refractivity contribution in [1.82, 2.24) is 14.9 Å². The maximum Gasteiger partial charge on any atom is 0.251 e. The third-order valence-corrected chi connectivity index (χ3v) is 5.64. The van der Waals surface area contributed by atoms with Gasteiger partial charge in [-0.15, -0.1) is 11.3 Å². The van der Waals surface area contributed by atoms with Crippen LogP contribution in [0.3, 0.4) is 0 Å². The van der Waals surface area contributed by atoms with E-state index in [1.54, 1.807) is 16.4 Å². The number of amides is 1. The molecule has 0 N–H and O–H groups in total. The smallest absolute Gasteiger partial charge is 0.251 e. The first kappa shape index (κ1) is 14.6. The molecule has 4 rings (SSSR count). The molecule has 1 amide bonds. The predicted octanol–water partition coefficient (Wildman–Crippen LogP) is 1.00. The van der Waals surface area contributed by atoms with Crippen molar-refractivity contribution in [1.29, 1.82) is 0 Å². The van der Waals surface area contributed by atoms with Gasteiger partial charge in [0.1, 0.15) is 5.01 Å². The molecule has 3 fully saturated rings. The summed E-state index contributed by atoms with van der Waals surface area (Å²) in [5, 5.41) is 4.71. The van der Waals surface area contributed by atoms with Crippen molar-refractivity contribution in [2.24, 2.45) is 17.8 Å². The topological polar surface area (TPSA) is 54.9 Å². The van der Waals surface area contributed by atoms with E-state index in [9.17, 15) is 4.79 Å². The molecule has 7 heteroatoms. The molecule has 3 atom stereocenters. The Kier molecular flexibility index (Phi) is 4.13. The fourth-order valence-electron chi connectivity index (χ4n) is 3.80. The minimum atomic E-state index is -0.0573. The lowest BCUT2D eigenvalue weighted by Gasteiger charge is -2.33. The Morgan fingerprint density at radius 3 is 3.14 bits per heavy atom. The molecule has 3 aliphatic heterocycles. The van der Waals surface area contributed by atoms with Gasteiger partial charge in [0.15, 0.2) is 0 Å². The number of ether oxygens (including phenoxy) is 1. The molecule has 0 radical (unpaired) electrons. The summed E-state index contributed by atoms with van der Waals surface area (Å²) in [5.74, 6) is 0.886. The maximum absolute atomic E-state index is 12.7. The van der Waals surface area contributed by atoms with E-state index < -0.39 is 0 Å². The van der Waals surface area contributed by atoms with Gasteiger partial charge < -0.3 is 4.74 Å². The highest BCUT2D eigenvalue weighted by Gasteiger charge is 2.45. The Morgan fingerprint density at radius 2 is 2.36 bits per heavy atom. The second-order valence-corrected chi connectivity index (χ2v) is 7.29. The SMILES string of the molecule is O=C([C@H]1COC[C@H]2CN(Cc3nccs3)C[C@H]21)N1CCCO1. The van der Waals surface area contributed by atoms with Gasteiger partial charge in [-0.3, -0.25) is 14.5 Å². The molecule has 0 saturated carbocycles. The van der Waals surface area contributed by atoms with Gasteiger partial charge in [-0.25, -0.2) is 10.0 Å². The standard InChI is InChI=1S/C15H21N3O3S/c19-15(18-3-1-4-21-18)13-10-20-9-11-6-17(7-12(11)13)8-14-16-2-5-22-14/h2,5,11-13H,1,3-4,6-10H2/t11-,12-,13+/m1/s1. The van der Waals surface area contributed by atoms with Crippen LogP contribution in [0.25, 0.3) is 0 Å². The lowest BCUT2D eigenvalue weighted by molar-refractivity contribution is -0.181. The lowest BCUT2D eigenvalue weighted by Crippen LogP contribution is -2.45. The van der Waals surface area contributed by atoms with E-state index in [1.807, 2.05) is 11.6 Å². The van der Waals surface area contributed by atoms with Gasteiger partial charge in [0.2, 0.25) is 0 Å². The van der Waals surface area contributed by atoms with Gasteiger partial charge in [-0.05, 0) is 18.3 Å². The molecular formula is C15H21N3O3S. The quantitative estimate of drug-likeness (QED) is 0.831. The number of carbonyl (C=O) groups excluding carboxylic acids is 1. The Hall–Kier alpha value is -1.02. The number of hydroxylamine groups is 2. The zero-order valence-corrected chi connectivity index (χ0v) is 13.3. The number of likely N-dealkylation sites (tertiary alicyclic amines) is 1. The molecule has 0 bridgehead atoms. The minimum absolute atomic E-state index is 0.0573. The molecule has 4 heterocycles. The average molecular weight is 323 g/mol. The van der Waals surface area contributed by atoms with E-state index in [4.69, 9.17) is 9.57 Å². The summed E-state index contributed by atoms with van der Waals surface area (Å²) in [6, 6.07) is 0. The molecule has 3 saturated heterocycles. The number of nitrogens with zero attached hydrogens (tertiary/aromatic N) is 3. The van der Waals surface area contributed by atoms with E-state index in [0.717, 1.165) is 44.2 Å². The fourth-order valence-corrected chi connectivity index (χ4v) is 4.46. The monoisotopic (exact) mass is 323 g/mol. The summed E-state index contributed by atoms with van der Waals surface area (Å²) in [6.45, 7) is 5.51. The van der Waals surface area contributed by atoms with E-state index in [-0.39, 0.29) is 11.8 Å². The van der Waals surface area contributed by atoms with Crippen LogP contribution in [-0.4, -0.2) is 60.3 Å². The van der Waals surface area contributed by atoms with Gasteiger partial charge >= 0.3 is 0 Å². The number of hydrogen-bond donors (Lipinski definition) is 0. The van der Waals surface area contributed by atoms with Crippen molar-refractivity contribution >= 4 is 17.2 Å². The van der Waals surface area contributed by atoms with Crippen LogP contribution >= 0.6 is 11.3 Å². The Balaban J connectivity index is 1.43. The normalized spacial score (nSPS) is 32.4. The van der Waals surface area contributed by atoms with Gasteiger partial charge in [-0.2, -0.15) is 0 Å². The molecule has 3 aliphatic rings. The minimum Gasteiger partial charge on any atom is -0.380 e. The Labute approximate surface area is 134 Å². The number of fused-ring (bicyclic) bond motifs is 1.